The van der Waals surface area contributed by atoms with Crippen LogP contribution in [0.1, 0.15) is 65.2 Å². The van der Waals surface area contributed by atoms with Crippen molar-refractivity contribution in [3.8, 4) is 0 Å². The van der Waals surface area contributed by atoms with Gasteiger partial charge in [0.1, 0.15) is 0 Å². The second-order valence-electron chi connectivity index (χ2n) is 7.73. The summed E-state index contributed by atoms with van der Waals surface area (Å²) in [5, 5.41) is 3.82. The second-order valence-corrected chi connectivity index (χ2v) is 7.73. The Morgan fingerprint density at radius 2 is 1.81 bits per heavy atom. The Kier molecular flexibility index (Phi) is 6.97. The van der Waals surface area contributed by atoms with Crippen LogP contribution in [0.15, 0.2) is 0 Å². The first-order chi connectivity index (χ1) is 10.1. The third-order valence-corrected chi connectivity index (χ3v) is 5.04. The molecule has 2 aliphatic rings. The van der Waals surface area contributed by atoms with E-state index in [-0.39, 0.29) is 0 Å². The summed E-state index contributed by atoms with van der Waals surface area (Å²) >= 11 is 0. The number of nitrogens with zero attached hydrogens (tertiary/aromatic N) is 1. The van der Waals surface area contributed by atoms with Crippen LogP contribution < -0.4 is 5.32 Å². The Hall–Kier alpha value is -0.120. The van der Waals surface area contributed by atoms with E-state index in [0.29, 0.717) is 11.5 Å². The molecule has 0 heterocycles. The molecule has 2 aliphatic carbocycles. The van der Waals surface area contributed by atoms with Gasteiger partial charge < -0.3 is 15.0 Å². The average molecular weight is 296 g/mol. The van der Waals surface area contributed by atoms with Gasteiger partial charge in [-0.1, -0.05) is 25.7 Å². The van der Waals surface area contributed by atoms with E-state index in [4.69, 9.17) is 4.74 Å². The lowest BCUT2D eigenvalue weighted by Crippen LogP contribution is -2.44. The van der Waals surface area contributed by atoms with Gasteiger partial charge in [0, 0.05) is 25.7 Å². The predicted octanol–water partition coefficient (Wildman–Crippen LogP) is 3.44. The normalized spacial score (nSPS) is 22.7. The summed E-state index contributed by atoms with van der Waals surface area (Å²) in [6, 6.07) is 0.833. The molecule has 0 atom stereocenters. The van der Waals surface area contributed by atoms with Crippen LogP contribution in [0.5, 0.6) is 0 Å². The highest BCUT2D eigenvalue weighted by Crippen LogP contribution is 2.36. The summed E-state index contributed by atoms with van der Waals surface area (Å²) in [6.45, 7) is 8.61. The number of rotatable bonds is 9. The molecule has 2 saturated carbocycles. The van der Waals surface area contributed by atoms with Gasteiger partial charge in [-0.3, -0.25) is 0 Å². The highest BCUT2D eigenvalue weighted by Gasteiger charge is 2.34. The number of likely N-dealkylation sites (N-methyl/N-ethyl adjacent to an activating group) is 1. The summed E-state index contributed by atoms with van der Waals surface area (Å²) in [7, 11) is 2.27. The molecule has 3 heteroatoms. The van der Waals surface area contributed by atoms with E-state index in [1.54, 1.807) is 0 Å². The molecule has 0 unspecified atom stereocenters. The minimum atomic E-state index is 0.349. The van der Waals surface area contributed by atoms with Crippen molar-refractivity contribution in [2.24, 2.45) is 5.41 Å². The quantitative estimate of drug-likeness (QED) is 0.660. The van der Waals surface area contributed by atoms with Gasteiger partial charge in [-0.05, 0) is 52.0 Å². The standard InChI is InChI=1S/C18H36N2O/c1-16(2)21-13-12-20(3)15-18(14-19-17-8-9-17)10-6-4-5-7-11-18/h16-17,19H,4-15H2,1-3H3. The fraction of sp³-hybridized carbons (Fsp3) is 1.00. The molecule has 0 bridgehead atoms. The molecule has 0 aromatic heterocycles. The van der Waals surface area contributed by atoms with Crippen LogP contribution in [0.25, 0.3) is 0 Å². The van der Waals surface area contributed by atoms with E-state index in [2.05, 4.69) is 31.1 Å². The van der Waals surface area contributed by atoms with Gasteiger partial charge in [0.15, 0.2) is 0 Å². The summed E-state index contributed by atoms with van der Waals surface area (Å²) in [5.74, 6) is 0. The maximum Gasteiger partial charge on any atom is 0.0596 e. The van der Waals surface area contributed by atoms with Crippen molar-refractivity contribution in [1.29, 1.82) is 0 Å². The van der Waals surface area contributed by atoms with E-state index in [0.717, 1.165) is 19.2 Å². The predicted molar refractivity (Wildman–Crippen MR) is 89.7 cm³/mol. The Bertz CT molecular complexity index is 281. The molecule has 0 aliphatic heterocycles. The molecule has 0 aromatic rings. The maximum atomic E-state index is 5.71. The first-order valence-corrected chi connectivity index (χ1v) is 9.13. The van der Waals surface area contributed by atoms with Gasteiger partial charge in [-0.2, -0.15) is 0 Å². The van der Waals surface area contributed by atoms with Crippen molar-refractivity contribution in [3.63, 3.8) is 0 Å². The molecule has 0 amide bonds. The molecule has 0 aromatic carbocycles. The molecule has 0 spiro atoms. The van der Waals surface area contributed by atoms with Crippen LogP contribution in [0, 0.1) is 5.41 Å². The van der Waals surface area contributed by atoms with Crippen LogP contribution in [0.2, 0.25) is 0 Å². The van der Waals surface area contributed by atoms with Crippen molar-refractivity contribution in [2.45, 2.75) is 77.4 Å². The summed E-state index contributed by atoms with van der Waals surface area (Å²) < 4.78 is 5.71. The highest BCUT2D eigenvalue weighted by atomic mass is 16.5. The third-order valence-electron chi connectivity index (χ3n) is 5.04. The Morgan fingerprint density at radius 1 is 1.14 bits per heavy atom. The molecular formula is C18H36N2O. The topological polar surface area (TPSA) is 24.5 Å². The van der Waals surface area contributed by atoms with Crippen molar-refractivity contribution in [1.82, 2.24) is 10.2 Å². The van der Waals surface area contributed by atoms with E-state index < -0.39 is 0 Å². The first kappa shape index (κ1) is 17.2. The zero-order chi connectivity index (χ0) is 15.1. The van der Waals surface area contributed by atoms with Gasteiger partial charge in [0.05, 0.1) is 12.7 Å². The van der Waals surface area contributed by atoms with Crippen LogP contribution in [0.3, 0.4) is 0 Å². The van der Waals surface area contributed by atoms with Crippen LogP contribution >= 0.6 is 0 Å². The molecule has 2 rings (SSSR count). The summed E-state index contributed by atoms with van der Waals surface area (Å²) in [4.78, 5) is 2.50. The molecule has 0 radical (unpaired) electrons. The fourth-order valence-electron chi connectivity index (χ4n) is 3.61. The molecule has 0 saturated heterocycles. The largest absolute Gasteiger partial charge is 0.377 e. The molecule has 3 nitrogen and oxygen atoms in total. The zero-order valence-corrected chi connectivity index (χ0v) is 14.5. The number of hydrogen-bond donors (Lipinski definition) is 1. The molecule has 124 valence electrons. The lowest BCUT2D eigenvalue weighted by molar-refractivity contribution is 0.0516. The van der Waals surface area contributed by atoms with Gasteiger partial charge in [-0.15, -0.1) is 0 Å². The number of nitrogens with one attached hydrogen (secondary N) is 1. The third kappa shape index (κ3) is 6.66. The van der Waals surface area contributed by atoms with Crippen molar-refractivity contribution >= 4 is 0 Å². The summed E-state index contributed by atoms with van der Waals surface area (Å²) in [6.07, 6.45) is 11.7. The maximum absolute atomic E-state index is 5.71. The first-order valence-electron chi connectivity index (χ1n) is 9.13. The zero-order valence-electron chi connectivity index (χ0n) is 14.5. The van der Waals surface area contributed by atoms with Crippen molar-refractivity contribution < 1.29 is 4.74 Å². The number of ether oxygens (including phenoxy) is 1. The minimum absolute atomic E-state index is 0.349. The van der Waals surface area contributed by atoms with E-state index in [1.807, 2.05) is 0 Å². The van der Waals surface area contributed by atoms with Gasteiger partial charge in [0.2, 0.25) is 0 Å². The van der Waals surface area contributed by atoms with Crippen molar-refractivity contribution in [3.05, 3.63) is 0 Å². The highest BCUT2D eigenvalue weighted by molar-refractivity contribution is 4.90. The van der Waals surface area contributed by atoms with Gasteiger partial charge in [-0.25, -0.2) is 0 Å². The fourth-order valence-corrected chi connectivity index (χ4v) is 3.61. The van der Waals surface area contributed by atoms with E-state index in [1.165, 1.54) is 64.5 Å². The Morgan fingerprint density at radius 3 is 2.38 bits per heavy atom. The smallest absolute Gasteiger partial charge is 0.0596 e. The molecule has 2 fully saturated rings. The van der Waals surface area contributed by atoms with E-state index >= 15 is 0 Å². The molecule has 21 heavy (non-hydrogen) atoms. The second kappa shape index (κ2) is 8.50. The van der Waals surface area contributed by atoms with Crippen LogP contribution in [0.4, 0.5) is 0 Å². The lowest BCUT2D eigenvalue weighted by atomic mass is 9.79. The van der Waals surface area contributed by atoms with Gasteiger partial charge in [0.25, 0.3) is 0 Å². The lowest BCUT2D eigenvalue weighted by Gasteiger charge is -2.37. The van der Waals surface area contributed by atoms with Crippen LogP contribution in [-0.2, 0) is 4.74 Å². The summed E-state index contributed by atoms with van der Waals surface area (Å²) in [5.41, 5.74) is 0.506. The average Bonchev–Trinajstić information content (AvgIpc) is 3.24. The monoisotopic (exact) mass is 296 g/mol. The minimum Gasteiger partial charge on any atom is -0.377 e. The molecule has 1 N–H and O–H groups in total. The Labute approximate surface area is 131 Å². The SMILES string of the molecule is CC(C)OCCN(C)CC1(CNC2CC2)CCCCCC1. The van der Waals surface area contributed by atoms with Crippen LogP contribution in [-0.4, -0.2) is 50.3 Å². The number of hydrogen-bond acceptors (Lipinski definition) is 3. The van der Waals surface area contributed by atoms with Gasteiger partial charge >= 0.3 is 0 Å². The Balaban J connectivity index is 1.81. The van der Waals surface area contributed by atoms with E-state index in [9.17, 15) is 0 Å². The van der Waals surface area contributed by atoms with Crippen molar-refractivity contribution in [2.75, 3.05) is 33.3 Å². The molecular weight excluding hydrogens is 260 g/mol.